The molecular formula is C17H34N2O2. The third kappa shape index (κ3) is 5.85. The molecule has 2 heterocycles. The zero-order valence-corrected chi connectivity index (χ0v) is 14.1. The number of likely N-dealkylation sites (tertiary alicyclic amines) is 1. The van der Waals surface area contributed by atoms with Crippen LogP contribution in [-0.4, -0.2) is 72.5 Å². The quantitative estimate of drug-likeness (QED) is 0.813. The van der Waals surface area contributed by atoms with E-state index in [1.165, 1.54) is 25.8 Å². The maximum absolute atomic E-state index is 9.74. The van der Waals surface area contributed by atoms with Crippen LogP contribution in [0.5, 0.6) is 0 Å². The maximum Gasteiger partial charge on any atom is 0.0678 e. The van der Waals surface area contributed by atoms with Crippen molar-refractivity contribution in [3.63, 3.8) is 0 Å². The second-order valence-electron chi connectivity index (χ2n) is 7.11. The lowest BCUT2D eigenvalue weighted by atomic mass is 9.93. The van der Waals surface area contributed by atoms with Crippen molar-refractivity contribution in [1.82, 2.24) is 9.80 Å². The van der Waals surface area contributed by atoms with Crippen LogP contribution in [-0.2, 0) is 4.74 Å². The average Bonchev–Trinajstić information content (AvgIpc) is 2.45. The molecular weight excluding hydrogens is 264 g/mol. The van der Waals surface area contributed by atoms with E-state index in [9.17, 15) is 5.11 Å². The van der Waals surface area contributed by atoms with Gasteiger partial charge in [0.15, 0.2) is 0 Å². The second-order valence-corrected chi connectivity index (χ2v) is 7.11. The molecule has 0 amide bonds. The predicted molar refractivity (Wildman–Crippen MR) is 86.5 cm³/mol. The summed E-state index contributed by atoms with van der Waals surface area (Å²) in [6.07, 6.45) is 5.41. The van der Waals surface area contributed by atoms with E-state index in [0.29, 0.717) is 12.2 Å². The van der Waals surface area contributed by atoms with Gasteiger partial charge in [-0.2, -0.15) is 0 Å². The summed E-state index contributed by atoms with van der Waals surface area (Å²) in [7, 11) is 0. The number of nitrogens with zero attached hydrogens (tertiary/aromatic N) is 2. The van der Waals surface area contributed by atoms with E-state index in [2.05, 4.69) is 30.6 Å². The highest BCUT2D eigenvalue weighted by molar-refractivity contribution is 4.77. The lowest BCUT2D eigenvalue weighted by Crippen LogP contribution is -2.46. The van der Waals surface area contributed by atoms with Crippen LogP contribution in [0.2, 0.25) is 0 Å². The first-order chi connectivity index (χ1) is 10.1. The molecule has 0 aliphatic carbocycles. The Morgan fingerprint density at radius 1 is 1.10 bits per heavy atom. The summed E-state index contributed by atoms with van der Waals surface area (Å²) in [5, 5.41) is 9.74. The molecule has 3 atom stereocenters. The van der Waals surface area contributed by atoms with Gasteiger partial charge in [-0.1, -0.05) is 6.92 Å². The standard InChI is InChI=1S/C17H34N2O2/c1-4-17(20)13-18-8-5-16(6-9-18)7-10-19-11-14(2)21-15(3)12-19/h14-17,20H,4-13H2,1-3H3/t14?,15?,17-/m1/s1. The third-order valence-electron chi connectivity index (χ3n) is 5.00. The van der Waals surface area contributed by atoms with E-state index >= 15 is 0 Å². The lowest BCUT2D eigenvalue weighted by molar-refractivity contribution is -0.0694. The third-order valence-corrected chi connectivity index (χ3v) is 5.00. The highest BCUT2D eigenvalue weighted by atomic mass is 16.5. The number of aliphatic hydroxyl groups excluding tert-OH is 1. The van der Waals surface area contributed by atoms with Gasteiger partial charge in [0.2, 0.25) is 0 Å². The van der Waals surface area contributed by atoms with Crippen molar-refractivity contribution in [1.29, 1.82) is 0 Å². The molecule has 0 saturated carbocycles. The first-order valence-corrected chi connectivity index (χ1v) is 8.85. The van der Waals surface area contributed by atoms with Crippen LogP contribution in [0.1, 0.15) is 46.5 Å². The largest absolute Gasteiger partial charge is 0.392 e. The van der Waals surface area contributed by atoms with E-state index in [4.69, 9.17) is 4.74 Å². The van der Waals surface area contributed by atoms with E-state index in [1.54, 1.807) is 0 Å². The molecule has 124 valence electrons. The van der Waals surface area contributed by atoms with Crippen molar-refractivity contribution in [3.8, 4) is 0 Å². The van der Waals surface area contributed by atoms with E-state index in [-0.39, 0.29) is 6.10 Å². The van der Waals surface area contributed by atoms with Gasteiger partial charge in [0.1, 0.15) is 0 Å². The van der Waals surface area contributed by atoms with Crippen LogP contribution in [0.25, 0.3) is 0 Å². The molecule has 4 heteroatoms. The molecule has 4 nitrogen and oxygen atoms in total. The molecule has 0 aromatic heterocycles. The van der Waals surface area contributed by atoms with Crippen molar-refractivity contribution in [2.75, 3.05) is 39.3 Å². The minimum atomic E-state index is -0.141. The van der Waals surface area contributed by atoms with Gasteiger partial charge in [-0.15, -0.1) is 0 Å². The Kier molecular flexibility index (Phi) is 6.93. The fraction of sp³-hybridized carbons (Fsp3) is 1.00. The summed E-state index contributed by atoms with van der Waals surface area (Å²) < 4.78 is 5.80. The van der Waals surface area contributed by atoms with Gasteiger partial charge in [0, 0.05) is 19.6 Å². The minimum absolute atomic E-state index is 0.141. The fourth-order valence-corrected chi connectivity index (χ4v) is 3.72. The Bertz CT molecular complexity index is 283. The molecule has 2 saturated heterocycles. The minimum Gasteiger partial charge on any atom is -0.392 e. The molecule has 0 bridgehead atoms. The fourth-order valence-electron chi connectivity index (χ4n) is 3.72. The summed E-state index contributed by atoms with van der Waals surface area (Å²) in [5.74, 6) is 0.869. The molecule has 2 rings (SSSR count). The van der Waals surface area contributed by atoms with Crippen LogP contribution in [0.4, 0.5) is 0 Å². The highest BCUT2D eigenvalue weighted by Gasteiger charge is 2.24. The number of piperidine rings is 1. The zero-order valence-electron chi connectivity index (χ0n) is 14.1. The van der Waals surface area contributed by atoms with Crippen molar-refractivity contribution < 1.29 is 9.84 Å². The number of ether oxygens (including phenoxy) is 1. The molecule has 0 radical (unpaired) electrons. The average molecular weight is 298 g/mol. The van der Waals surface area contributed by atoms with Crippen molar-refractivity contribution in [2.24, 2.45) is 5.92 Å². The van der Waals surface area contributed by atoms with E-state index in [0.717, 1.165) is 45.1 Å². The first kappa shape index (κ1) is 17.2. The number of morpholine rings is 1. The summed E-state index contributed by atoms with van der Waals surface area (Å²) in [4.78, 5) is 5.01. The van der Waals surface area contributed by atoms with Crippen LogP contribution >= 0.6 is 0 Å². The Morgan fingerprint density at radius 2 is 1.71 bits per heavy atom. The topological polar surface area (TPSA) is 35.9 Å². The Morgan fingerprint density at radius 3 is 2.29 bits per heavy atom. The van der Waals surface area contributed by atoms with Gasteiger partial charge >= 0.3 is 0 Å². The molecule has 1 N–H and O–H groups in total. The molecule has 2 fully saturated rings. The lowest BCUT2D eigenvalue weighted by Gasteiger charge is -2.37. The number of aliphatic hydroxyl groups is 1. The molecule has 0 aromatic rings. The molecule has 0 aromatic carbocycles. The normalized spacial score (nSPS) is 31.4. The van der Waals surface area contributed by atoms with Crippen LogP contribution in [0, 0.1) is 5.92 Å². The van der Waals surface area contributed by atoms with Crippen LogP contribution in [0.15, 0.2) is 0 Å². The van der Waals surface area contributed by atoms with Crippen molar-refractivity contribution in [2.45, 2.75) is 64.8 Å². The van der Waals surface area contributed by atoms with E-state index < -0.39 is 0 Å². The summed E-state index contributed by atoms with van der Waals surface area (Å²) in [6.45, 7) is 13.0. The summed E-state index contributed by atoms with van der Waals surface area (Å²) >= 11 is 0. The van der Waals surface area contributed by atoms with E-state index in [1.807, 2.05) is 0 Å². The van der Waals surface area contributed by atoms with Gasteiger partial charge in [-0.3, -0.25) is 4.90 Å². The number of rotatable bonds is 6. The Hall–Kier alpha value is -0.160. The van der Waals surface area contributed by atoms with Gasteiger partial charge in [-0.05, 0) is 65.1 Å². The van der Waals surface area contributed by atoms with Gasteiger partial charge in [0.05, 0.1) is 18.3 Å². The van der Waals surface area contributed by atoms with Gasteiger partial charge in [-0.25, -0.2) is 0 Å². The first-order valence-electron chi connectivity index (χ1n) is 8.85. The molecule has 2 aliphatic rings. The summed E-state index contributed by atoms with van der Waals surface area (Å²) in [5.41, 5.74) is 0. The van der Waals surface area contributed by atoms with Crippen LogP contribution < -0.4 is 0 Å². The predicted octanol–water partition coefficient (Wildman–Crippen LogP) is 1.97. The second kappa shape index (κ2) is 8.47. The van der Waals surface area contributed by atoms with Crippen molar-refractivity contribution >= 4 is 0 Å². The van der Waals surface area contributed by atoms with Crippen molar-refractivity contribution in [3.05, 3.63) is 0 Å². The van der Waals surface area contributed by atoms with Gasteiger partial charge in [0.25, 0.3) is 0 Å². The Labute approximate surface area is 130 Å². The maximum atomic E-state index is 9.74. The number of β-amino-alcohol motifs (C(OH)–C–C–N with tert-alkyl or cyclic N) is 1. The zero-order chi connectivity index (χ0) is 15.2. The number of hydrogen-bond acceptors (Lipinski definition) is 4. The SMILES string of the molecule is CC[C@@H](O)CN1CCC(CCN2CC(C)OC(C)C2)CC1. The number of hydrogen-bond donors (Lipinski definition) is 1. The smallest absolute Gasteiger partial charge is 0.0678 e. The highest BCUT2D eigenvalue weighted by Crippen LogP contribution is 2.22. The van der Waals surface area contributed by atoms with Gasteiger partial charge < -0.3 is 14.7 Å². The monoisotopic (exact) mass is 298 g/mol. The molecule has 2 unspecified atom stereocenters. The molecule has 0 spiro atoms. The molecule has 21 heavy (non-hydrogen) atoms. The Balaban J connectivity index is 1.62. The summed E-state index contributed by atoms with van der Waals surface area (Å²) in [6, 6.07) is 0. The molecule has 2 aliphatic heterocycles. The van der Waals surface area contributed by atoms with Crippen LogP contribution in [0.3, 0.4) is 0 Å².